The van der Waals surface area contributed by atoms with E-state index in [0.717, 1.165) is 30.8 Å². The Morgan fingerprint density at radius 1 is 1.30 bits per heavy atom. The van der Waals surface area contributed by atoms with Crippen molar-refractivity contribution in [3.05, 3.63) is 23.8 Å². The third kappa shape index (κ3) is 2.23. The van der Waals surface area contributed by atoms with Gasteiger partial charge in [-0.25, -0.2) is 4.67 Å². The molecule has 0 bridgehead atoms. The molecule has 0 aliphatic carbocycles. The molecule has 0 saturated carbocycles. The summed E-state index contributed by atoms with van der Waals surface area (Å²) in [6.07, 6.45) is 2.07. The molecule has 2 aliphatic heterocycles. The molecule has 20 heavy (non-hydrogen) atoms. The largest absolute Gasteiger partial charge is 0.333 e. The average Bonchev–Trinajstić information content (AvgIpc) is 2.75. The molecule has 3 rings (SSSR count). The zero-order chi connectivity index (χ0) is 14.2. The monoisotopic (exact) mass is 333 g/mol. The first kappa shape index (κ1) is 14.5. The first-order chi connectivity index (χ1) is 9.70. The van der Waals surface area contributed by atoms with Crippen molar-refractivity contribution in [2.45, 2.75) is 12.8 Å². The van der Waals surface area contributed by atoms with Gasteiger partial charge < -0.3 is 5.09 Å². The third-order valence-electron chi connectivity index (χ3n) is 3.86. The molecule has 0 radical (unpaired) electrons. The van der Waals surface area contributed by atoms with Gasteiger partial charge in [0.1, 0.15) is 0 Å². The van der Waals surface area contributed by atoms with E-state index in [1.54, 1.807) is 0 Å². The summed E-state index contributed by atoms with van der Waals surface area (Å²) in [5, 5.41) is 3.25. The van der Waals surface area contributed by atoms with E-state index in [2.05, 4.69) is 11.2 Å². The molecule has 0 spiro atoms. The van der Waals surface area contributed by atoms with Crippen molar-refractivity contribution in [3.63, 3.8) is 0 Å². The summed E-state index contributed by atoms with van der Waals surface area (Å²) in [7, 11) is -2.83. The summed E-state index contributed by atoms with van der Waals surface area (Å²) < 4.78 is 17.5. The van der Waals surface area contributed by atoms with Crippen molar-refractivity contribution < 1.29 is 4.57 Å². The standard InChI is InChI=1S/C13H18Cl2N3OP/c14-6-9-17(10-7-15)20(19)16-12-5-1-3-11-4-2-8-18(20)13(11)12/h1,3,5H,2,4,6-10H2,(H,16,19)/t20-/m0/s1. The van der Waals surface area contributed by atoms with Crippen LogP contribution in [0.15, 0.2) is 18.2 Å². The molecular formula is C13H18Cl2N3OP. The van der Waals surface area contributed by atoms with Crippen LogP contribution in [0, 0.1) is 0 Å². The zero-order valence-corrected chi connectivity index (χ0v) is 13.6. The van der Waals surface area contributed by atoms with Crippen molar-refractivity contribution >= 4 is 42.2 Å². The van der Waals surface area contributed by atoms with Crippen LogP contribution >= 0.6 is 30.8 Å². The Morgan fingerprint density at radius 3 is 2.75 bits per heavy atom. The normalized spacial score (nSPS) is 23.9. The van der Waals surface area contributed by atoms with Gasteiger partial charge in [0.25, 0.3) is 0 Å². The molecule has 1 aromatic rings. The van der Waals surface area contributed by atoms with E-state index < -0.39 is 7.59 Å². The van der Waals surface area contributed by atoms with E-state index in [1.165, 1.54) is 5.56 Å². The van der Waals surface area contributed by atoms with Gasteiger partial charge in [-0.15, -0.1) is 23.2 Å². The predicted octanol–water partition coefficient (Wildman–Crippen LogP) is 3.75. The van der Waals surface area contributed by atoms with Crippen molar-refractivity contribution in [2.24, 2.45) is 0 Å². The maximum absolute atomic E-state index is 13.5. The van der Waals surface area contributed by atoms with Crippen LogP contribution in [-0.2, 0) is 11.0 Å². The van der Waals surface area contributed by atoms with Crippen LogP contribution in [0.25, 0.3) is 0 Å². The summed E-state index contributed by atoms with van der Waals surface area (Å²) in [4.78, 5) is 0. The highest BCUT2D eigenvalue weighted by Gasteiger charge is 2.45. The number of aryl methyl sites for hydroxylation is 1. The minimum absolute atomic E-state index is 0.444. The van der Waals surface area contributed by atoms with Crippen LogP contribution < -0.4 is 9.76 Å². The van der Waals surface area contributed by atoms with Crippen LogP contribution in [0.3, 0.4) is 0 Å². The highest BCUT2D eigenvalue weighted by molar-refractivity contribution is 7.65. The predicted molar refractivity (Wildman–Crippen MR) is 86.4 cm³/mol. The van der Waals surface area contributed by atoms with Gasteiger partial charge in [-0.1, -0.05) is 12.1 Å². The lowest BCUT2D eigenvalue weighted by atomic mass is 10.0. The number of anilines is 2. The molecule has 7 heteroatoms. The molecule has 2 heterocycles. The molecule has 1 atom stereocenters. The number of alkyl halides is 2. The maximum atomic E-state index is 13.5. The fourth-order valence-corrected chi connectivity index (χ4v) is 6.38. The Bertz CT molecular complexity index is 548. The average molecular weight is 334 g/mol. The fourth-order valence-electron chi connectivity index (χ4n) is 3.01. The lowest BCUT2D eigenvalue weighted by Crippen LogP contribution is -2.36. The summed E-state index contributed by atoms with van der Waals surface area (Å²) in [6.45, 7) is 1.95. The SMILES string of the molecule is O=[P@]1(N(CCCl)CCCl)Nc2cccc3c2N1CCC3. The van der Waals surface area contributed by atoms with Crippen LogP contribution in [0.2, 0.25) is 0 Å². The Morgan fingerprint density at radius 2 is 2.05 bits per heavy atom. The van der Waals surface area contributed by atoms with Crippen molar-refractivity contribution in [1.29, 1.82) is 0 Å². The van der Waals surface area contributed by atoms with Crippen molar-refractivity contribution in [3.8, 4) is 0 Å². The molecule has 0 saturated heterocycles. The summed E-state index contributed by atoms with van der Waals surface area (Å²) in [5.41, 5.74) is 3.35. The molecule has 4 nitrogen and oxygen atoms in total. The number of nitrogens with zero attached hydrogens (tertiary/aromatic N) is 2. The second-order valence-corrected chi connectivity index (χ2v) is 8.14. The molecule has 0 amide bonds. The summed E-state index contributed by atoms with van der Waals surface area (Å²) >= 11 is 11.7. The van der Waals surface area contributed by atoms with Gasteiger partial charge in [-0.3, -0.25) is 9.24 Å². The van der Waals surface area contributed by atoms with Gasteiger partial charge in [-0.05, 0) is 24.5 Å². The van der Waals surface area contributed by atoms with Gasteiger partial charge in [0.15, 0.2) is 0 Å². The van der Waals surface area contributed by atoms with Gasteiger partial charge in [0.05, 0.1) is 11.4 Å². The van der Waals surface area contributed by atoms with E-state index in [1.807, 2.05) is 21.5 Å². The van der Waals surface area contributed by atoms with Gasteiger partial charge >= 0.3 is 7.59 Å². The first-order valence-electron chi connectivity index (χ1n) is 6.86. The summed E-state index contributed by atoms with van der Waals surface area (Å²) in [5.74, 6) is 0.888. The second-order valence-electron chi connectivity index (χ2n) is 5.03. The van der Waals surface area contributed by atoms with Crippen LogP contribution in [0.1, 0.15) is 12.0 Å². The maximum Gasteiger partial charge on any atom is 0.333 e. The highest BCUT2D eigenvalue weighted by atomic mass is 35.5. The number of para-hydroxylation sites is 1. The number of hydrogen-bond donors (Lipinski definition) is 1. The molecule has 1 aromatic carbocycles. The highest BCUT2D eigenvalue weighted by Crippen LogP contribution is 2.64. The Kier molecular flexibility index (Phi) is 4.19. The molecule has 0 aromatic heterocycles. The molecule has 2 aliphatic rings. The molecule has 1 N–H and O–H groups in total. The minimum Gasteiger partial charge on any atom is -0.306 e. The van der Waals surface area contributed by atoms with Crippen LogP contribution in [-0.4, -0.2) is 36.1 Å². The van der Waals surface area contributed by atoms with Gasteiger partial charge in [0, 0.05) is 31.4 Å². The number of hydrogen-bond acceptors (Lipinski definition) is 1. The number of benzene rings is 1. The number of rotatable bonds is 5. The van der Waals surface area contributed by atoms with Crippen molar-refractivity contribution in [2.75, 3.05) is 41.2 Å². The zero-order valence-electron chi connectivity index (χ0n) is 11.2. The van der Waals surface area contributed by atoms with E-state index in [4.69, 9.17) is 23.2 Å². The molecule has 0 fully saturated rings. The third-order valence-corrected chi connectivity index (χ3v) is 6.95. The number of nitrogens with one attached hydrogen (secondary N) is 1. The lowest BCUT2D eigenvalue weighted by molar-refractivity contribution is 0.446. The quantitative estimate of drug-likeness (QED) is 0.657. The summed E-state index contributed by atoms with van der Waals surface area (Å²) in [6, 6.07) is 6.14. The fraction of sp³-hybridized carbons (Fsp3) is 0.538. The van der Waals surface area contributed by atoms with Crippen LogP contribution in [0.5, 0.6) is 0 Å². The lowest BCUT2D eigenvalue weighted by Gasteiger charge is -2.36. The van der Waals surface area contributed by atoms with Gasteiger partial charge in [0.2, 0.25) is 0 Å². The topological polar surface area (TPSA) is 35.6 Å². The van der Waals surface area contributed by atoms with E-state index in [-0.39, 0.29) is 0 Å². The Labute approximate surface area is 129 Å². The van der Waals surface area contributed by atoms with E-state index >= 15 is 0 Å². The minimum atomic E-state index is -2.83. The Balaban J connectivity index is 2.00. The van der Waals surface area contributed by atoms with E-state index in [0.29, 0.717) is 24.8 Å². The first-order valence-corrected chi connectivity index (χ1v) is 9.54. The number of halogens is 2. The molecule has 0 unspecified atom stereocenters. The Hall–Kier alpha value is -0.410. The molecule has 110 valence electrons. The van der Waals surface area contributed by atoms with E-state index in [9.17, 15) is 4.57 Å². The van der Waals surface area contributed by atoms with Crippen LogP contribution in [0.4, 0.5) is 11.4 Å². The second kappa shape index (κ2) is 5.76. The van der Waals surface area contributed by atoms with Crippen molar-refractivity contribution in [1.82, 2.24) is 4.67 Å². The molecular weight excluding hydrogens is 316 g/mol. The van der Waals surface area contributed by atoms with Gasteiger partial charge in [-0.2, -0.15) is 0 Å². The smallest absolute Gasteiger partial charge is 0.306 e.